The molecule has 0 saturated carbocycles. The van der Waals surface area contributed by atoms with Crippen molar-refractivity contribution >= 4 is 0 Å². The van der Waals surface area contributed by atoms with Crippen LogP contribution in [0.5, 0.6) is 11.5 Å². The smallest absolute Gasteiger partial charge is 0.204 e. The van der Waals surface area contributed by atoms with Crippen LogP contribution in [0, 0.1) is 11.6 Å². The van der Waals surface area contributed by atoms with Gasteiger partial charge in [-0.1, -0.05) is 13.8 Å². The quantitative estimate of drug-likeness (QED) is 0.756. The highest BCUT2D eigenvalue weighted by atomic mass is 19.2. The van der Waals surface area contributed by atoms with Gasteiger partial charge >= 0.3 is 0 Å². The Kier molecular flexibility index (Phi) is 5.38. The Hall–Kier alpha value is -1.32. The highest BCUT2D eigenvalue weighted by Gasteiger charge is 2.19. The highest BCUT2D eigenvalue weighted by molar-refractivity contribution is 5.42. The Balaban J connectivity index is 3.04. The third-order valence-electron chi connectivity index (χ3n) is 2.81. The second-order valence-corrected chi connectivity index (χ2v) is 4.36. The lowest BCUT2D eigenvalue weighted by Crippen LogP contribution is -2.15. The van der Waals surface area contributed by atoms with E-state index in [0.717, 1.165) is 12.5 Å². The molecule has 18 heavy (non-hydrogen) atoms. The summed E-state index contributed by atoms with van der Waals surface area (Å²) in [6.45, 7) is 7.54. The van der Waals surface area contributed by atoms with Gasteiger partial charge in [-0.3, -0.25) is 0 Å². The molecule has 2 atom stereocenters. The van der Waals surface area contributed by atoms with E-state index in [1.807, 2.05) is 20.8 Å². The van der Waals surface area contributed by atoms with Gasteiger partial charge in [0.25, 0.3) is 0 Å². The highest BCUT2D eigenvalue weighted by Crippen LogP contribution is 2.34. The van der Waals surface area contributed by atoms with Gasteiger partial charge in [-0.05, 0) is 38.8 Å². The summed E-state index contributed by atoms with van der Waals surface area (Å²) in [5.41, 5.74) is 0. The first-order valence-corrected chi connectivity index (χ1v) is 6.30. The molecule has 0 bridgehead atoms. The average molecular weight is 258 g/mol. The van der Waals surface area contributed by atoms with Crippen LogP contribution in [0.2, 0.25) is 0 Å². The largest absolute Gasteiger partial charge is 0.487 e. The van der Waals surface area contributed by atoms with Crippen molar-refractivity contribution in [2.45, 2.75) is 52.7 Å². The van der Waals surface area contributed by atoms with Gasteiger partial charge in [-0.2, -0.15) is 4.39 Å². The molecule has 2 unspecified atom stereocenters. The Morgan fingerprint density at radius 2 is 1.56 bits per heavy atom. The van der Waals surface area contributed by atoms with E-state index in [1.54, 1.807) is 6.92 Å². The number of hydrogen-bond acceptors (Lipinski definition) is 2. The number of ether oxygens (including phenoxy) is 2. The third kappa shape index (κ3) is 3.59. The van der Waals surface area contributed by atoms with Crippen molar-refractivity contribution in [1.82, 2.24) is 0 Å². The molecule has 0 heterocycles. The van der Waals surface area contributed by atoms with Gasteiger partial charge in [0.05, 0.1) is 12.2 Å². The first kappa shape index (κ1) is 14.7. The van der Waals surface area contributed by atoms with Gasteiger partial charge in [-0.15, -0.1) is 0 Å². The molecule has 1 rings (SSSR count). The second kappa shape index (κ2) is 6.57. The summed E-state index contributed by atoms with van der Waals surface area (Å²) < 4.78 is 37.9. The van der Waals surface area contributed by atoms with E-state index in [4.69, 9.17) is 9.47 Å². The molecule has 1 aromatic carbocycles. The van der Waals surface area contributed by atoms with Gasteiger partial charge < -0.3 is 9.47 Å². The van der Waals surface area contributed by atoms with Crippen molar-refractivity contribution in [1.29, 1.82) is 0 Å². The molecule has 0 aromatic heterocycles. The Morgan fingerprint density at radius 1 is 1.00 bits per heavy atom. The standard InChI is InChI=1S/C14H20F2O2/c1-5-9(3)17-12-8-7-11(15)13(16)14(12)18-10(4)6-2/h7-10H,5-6H2,1-4H3. The van der Waals surface area contributed by atoms with Crippen molar-refractivity contribution < 1.29 is 18.3 Å². The van der Waals surface area contributed by atoms with Gasteiger partial charge in [0, 0.05) is 0 Å². The first-order valence-electron chi connectivity index (χ1n) is 6.30. The summed E-state index contributed by atoms with van der Waals surface area (Å²) in [5.74, 6) is -1.80. The van der Waals surface area contributed by atoms with Crippen LogP contribution >= 0.6 is 0 Å². The lowest BCUT2D eigenvalue weighted by atomic mass is 10.2. The van der Waals surface area contributed by atoms with Gasteiger partial charge in [0.15, 0.2) is 11.6 Å². The SMILES string of the molecule is CCC(C)Oc1ccc(F)c(F)c1OC(C)CC. The third-order valence-corrected chi connectivity index (χ3v) is 2.81. The van der Waals surface area contributed by atoms with Crippen LogP contribution in [0.3, 0.4) is 0 Å². The van der Waals surface area contributed by atoms with Gasteiger partial charge in [0.2, 0.25) is 11.6 Å². The zero-order valence-electron chi connectivity index (χ0n) is 11.3. The van der Waals surface area contributed by atoms with E-state index >= 15 is 0 Å². The molecule has 0 aliphatic heterocycles. The molecule has 0 radical (unpaired) electrons. The maximum Gasteiger partial charge on any atom is 0.204 e. The molecule has 0 saturated heterocycles. The van der Waals surface area contributed by atoms with Crippen LogP contribution in [0.25, 0.3) is 0 Å². The Bertz CT molecular complexity index is 394. The molecule has 2 nitrogen and oxygen atoms in total. The number of benzene rings is 1. The second-order valence-electron chi connectivity index (χ2n) is 4.36. The fraction of sp³-hybridized carbons (Fsp3) is 0.571. The van der Waals surface area contributed by atoms with E-state index < -0.39 is 11.6 Å². The van der Waals surface area contributed by atoms with E-state index in [9.17, 15) is 8.78 Å². The van der Waals surface area contributed by atoms with Crippen molar-refractivity contribution in [3.05, 3.63) is 23.8 Å². The molecule has 0 fully saturated rings. The van der Waals surface area contributed by atoms with Crippen molar-refractivity contribution in [2.24, 2.45) is 0 Å². The summed E-state index contributed by atoms with van der Waals surface area (Å²) >= 11 is 0. The molecular formula is C14H20F2O2. The van der Waals surface area contributed by atoms with Gasteiger partial charge in [-0.25, -0.2) is 4.39 Å². The summed E-state index contributed by atoms with van der Waals surface area (Å²) in [6, 6.07) is 2.46. The minimum Gasteiger partial charge on any atom is -0.487 e. The van der Waals surface area contributed by atoms with E-state index in [2.05, 4.69) is 0 Å². The minimum absolute atomic E-state index is 0.0749. The predicted octanol–water partition coefficient (Wildman–Crippen LogP) is 4.32. The van der Waals surface area contributed by atoms with Crippen LogP contribution in [-0.4, -0.2) is 12.2 Å². The van der Waals surface area contributed by atoms with Gasteiger partial charge in [0.1, 0.15) is 0 Å². The normalized spacial score (nSPS) is 14.1. The molecule has 0 N–H and O–H groups in total. The summed E-state index contributed by atoms with van der Waals surface area (Å²) in [7, 11) is 0. The molecule has 102 valence electrons. The fourth-order valence-corrected chi connectivity index (χ4v) is 1.30. The number of rotatable bonds is 6. The van der Waals surface area contributed by atoms with E-state index in [0.29, 0.717) is 6.42 Å². The fourth-order valence-electron chi connectivity index (χ4n) is 1.30. The molecule has 4 heteroatoms. The zero-order valence-corrected chi connectivity index (χ0v) is 11.3. The van der Waals surface area contributed by atoms with Crippen LogP contribution in [-0.2, 0) is 0 Å². The maximum absolute atomic E-state index is 13.7. The Labute approximate surface area is 107 Å². The van der Waals surface area contributed by atoms with Crippen molar-refractivity contribution in [3.63, 3.8) is 0 Å². The first-order chi connectivity index (χ1) is 8.49. The molecule has 0 amide bonds. The van der Waals surface area contributed by atoms with E-state index in [1.165, 1.54) is 6.07 Å². The predicted molar refractivity (Wildman–Crippen MR) is 67.1 cm³/mol. The Morgan fingerprint density at radius 3 is 2.11 bits per heavy atom. The molecule has 0 aliphatic rings. The van der Waals surface area contributed by atoms with Crippen molar-refractivity contribution in [3.8, 4) is 11.5 Å². The lowest BCUT2D eigenvalue weighted by Gasteiger charge is -2.19. The molecule has 0 spiro atoms. The maximum atomic E-state index is 13.7. The molecule has 1 aromatic rings. The number of hydrogen-bond donors (Lipinski definition) is 0. The zero-order chi connectivity index (χ0) is 13.7. The van der Waals surface area contributed by atoms with Crippen LogP contribution in [0.15, 0.2) is 12.1 Å². The monoisotopic (exact) mass is 258 g/mol. The van der Waals surface area contributed by atoms with Crippen LogP contribution in [0.1, 0.15) is 40.5 Å². The van der Waals surface area contributed by atoms with Crippen LogP contribution < -0.4 is 9.47 Å². The average Bonchev–Trinajstić information content (AvgIpc) is 2.37. The topological polar surface area (TPSA) is 18.5 Å². The number of halogens is 2. The molecular weight excluding hydrogens is 238 g/mol. The summed E-state index contributed by atoms with van der Waals surface area (Å²) in [5, 5.41) is 0. The lowest BCUT2D eigenvalue weighted by molar-refractivity contribution is 0.168. The van der Waals surface area contributed by atoms with E-state index in [-0.39, 0.29) is 23.7 Å². The van der Waals surface area contributed by atoms with Crippen molar-refractivity contribution in [2.75, 3.05) is 0 Å². The summed E-state index contributed by atoms with van der Waals surface area (Å²) in [6.07, 6.45) is 1.22. The minimum atomic E-state index is -0.990. The summed E-state index contributed by atoms with van der Waals surface area (Å²) in [4.78, 5) is 0. The van der Waals surface area contributed by atoms with Crippen LogP contribution in [0.4, 0.5) is 8.78 Å². The molecule has 0 aliphatic carbocycles.